The first-order valence-corrected chi connectivity index (χ1v) is 8.29. The smallest absolute Gasteiger partial charge is 0.218 e. The van der Waals surface area contributed by atoms with Crippen LogP contribution in [0, 0.1) is 11.3 Å². The van der Waals surface area contributed by atoms with Crippen molar-refractivity contribution in [3.05, 3.63) is 35.4 Å². The van der Waals surface area contributed by atoms with Gasteiger partial charge in [0.15, 0.2) is 0 Å². The number of nitrogens with zero attached hydrogens (tertiary/aromatic N) is 2. The van der Waals surface area contributed by atoms with E-state index >= 15 is 0 Å². The lowest BCUT2D eigenvalue weighted by Gasteiger charge is -2.30. The third-order valence-corrected chi connectivity index (χ3v) is 5.57. The van der Waals surface area contributed by atoms with Crippen molar-refractivity contribution < 1.29 is 8.42 Å². The number of hydrogen-bond acceptors (Lipinski definition) is 4. The predicted octanol–water partition coefficient (Wildman–Crippen LogP) is 1.07. The Bertz CT molecular complexity index is 584. The van der Waals surface area contributed by atoms with Crippen LogP contribution in [0.1, 0.15) is 24.0 Å². The molecule has 0 aliphatic carbocycles. The second kappa shape index (κ2) is 6.35. The maximum absolute atomic E-state index is 12.4. The van der Waals surface area contributed by atoms with Crippen LogP contribution in [0.3, 0.4) is 0 Å². The third kappa shape index (κ3) is 3.57. The minimum absolute atomic E-state index is 0.0147. The van der Waals surface area contributed by atoms with Crippen molar-refractivity contribution in [2.24, 2.45) is 0 Å². The Morgan fingerprint density at radius 2 is 1.90 bits per heavy atom. The molecule has 1 aromatic carbocycles. The van der Waals surface area contributed by atoms with Crippen LogP contribution in [-0.4, -0.2) is 38.9 Å². The van der Waals surface area contributed by atoms with Crippen molar-refractivity contribution in [3.63, 3.8) is 0 Å². The Morgan fingerprint density at radius 1 is 1.30 bits per heavy atom. The van der Waals surface area contributed by atoms with E-state index < -0.39 is 10.0 Å². The van der Waals surface area contributed by atoms with Gasteiger partial charge in [0, 0.05) is 13.1 Å². The number of benzene rings is 1. The van der Waals surface area contributed by atoms with Gasteiger partial charge in [0.2, 0.25) is 10.0 Å². The molecule has 20 heavy (non-hydrogen) atoms. The second-order valence-corrected chi connectivity index (χ2v) is 7.09. The van der Waals surface area contributed by atoms with E-state index in [0.717, 1.165) is 25.9 Å². The summed E-state index contributed by atoms with van der Waals surface area (Å²) in [5.41, 5.74) is 1.25. The first kappa shape index (κ1) is 15.0. The molecule has 1 aliphatic heterocycles. The minimum Gasteiger partial charge on any atom is -0.317 e. The highest BCUT2D eigenvalue weighted by Gasteiger charge is 2.27. The molecule has 6 heteroatoms. The molecule has 0 bridgehead atoms. The van der Waals surface area contributed by atoms with E-state index in [-0.39, 0.29) is 11.8 Å². The molecule has 1 fully saturated rings. The van der Waals surface area contributed by atoms with Gasteiger partial charge in [-0.15, -0.1) is 0 Å². The summed E-state index contributed by atoms with van der Waals surface area (Å²) in [7, 11) is -1.65. The van der Waals surface area contributed by atoms with Crippen LogP contribution < -0.4 is 5.32 Å². The Labute approximate surface area is 120 Å². The molecule has 0 spiro atoms. The monoisotopic (exact) mass is 293 g/mol. The Morgan fingerprint density at radius 3 is 2.45 bits per heavy atom. The highest BCUT2D eigenvalue weighted by atomic mass is 32.2. The summed E-state index contributed by atoms with van der Waals surface area (Å²) in [4.78, 5) is 0. The van der Waals surface area contributed by atoms with Crippen molar-refractivity contribution in [1.29, 1.82) is 5.26 Å². The van der Waals surface area contributed by atoms with Crippen molar-refractivity contribution in [2.75, 3.05) is 20.1 Å². The molecule has 0 unspecified atom stereocenters. The fourth-order valence-electron chi connectivity index (χ4n) is 2.39. The maximum Gasteiger partial charge on any atom is 0.218 e. The van der Waals surface area contributed by atoms with Crippen LogP contribution in [0.4, 0.5) is 0 Å². The predicted molar refractivity (Wildman–Crippen MR) is 77.4 cm³/mol. The van der Waals surface area contributed by atoms with E-state index in [9.17, 15) is 8.42 Å². The maximum atomic E-state index is 12.4. The zero-order chi connectivity index (χ0) is 14.6. The largest absolute Gasteiger partial charge is 0.317 e. The lowest BCUT2D eigenvalue weighted by atomic mass is 10.1. The highest BCUT2D eigenvalue weighted by Crippen LogP contribution is 2.17. The summed E-state index contributed by atoms with van der Waals surface area (Å²) < 4.78 is 26.3. The zero-order valence-corrected chi connectivity index (χ0v) is 12.4. The summed E-state index contributed by atoms with van der Waals surface area (Å²) in [5, 5.41) is 12.0. The molecule has 1 aromatic rings. The molecule has 0 radical (unpaired) electrons. The summed E-state index contributed by atoms with van der Waals surface area (Å²) in [5.74, 6) is -0.0147. The number of piperidine rings is 1. The number of sulfonamides is 1. The molecule has 1 heterocycles. The van der Waals surface area contributed by atoms with Gasteiger partial charge < -0.3 is 5.32 Å². The number of rotatable bonds is 4. The first-order chi connectivity index (χ1) is 9.53. The molecule has 108 valence electrons. The van der Waals surface area contributed by atoms with Gasteiger partial charge in [-0.3, -0.25) is 0 Å². The van der Waals surface area contributed by atoms with Crippen LogP contribution in [0.25, 0.3) is 0 Å². The number of nitriles is 1. The topological polar surface area (TPSA) is 73.2 Å². The molecule has 1 aliphatic rings. The fourth-order valence-corrected chi connectivity index (χ4v) is 3.87. The molecular formula is C14H19N3O2S. The lowest BCUT2D eigenvalue weighted by Crippen LogP contribution is -2.44. The second-order valence-electron chi connectivity index (χ2n) is 5.06. The van der Waals surface area contributed by atoms with Crippen molar-refractivity contribution in [3.8, 4) is 6.07 Å². The molecule has 1 saturated heterocycles. The number of hydrogen-bond donors (Lipinski definition) is 1. The average Bonchev–Trinajstić information content (AvgIpc) is 2.48. The van der Waals surface area contributed by atoms with Crippen LogP contribution in [0.2, 0.25) is 0 Å². The normalized spacial score (nSPS) is 17.1. The van der Waals surface area contributed by atoms with Crippen molar-refractivity contribution in [2.45, 2.75) is 24.6 Å². The van der Waals surface area contributed by atoms with Crippen LogP contribution in [-0.2, 0) is 15.8 Å². The van der Waals surface area contributed by atoms with E-state index in [0.29, 0.717) is 11.1 Å². The van der Waals surface area contributed by atoms with Gasteiger partial charge in [-0.1, -0.05) is 12.1 Å². The Kier molecular flexibility index (Phi) is 4.76. The first-order valence-electron chi connectivity index (χ1n) is 6.68. The molecule has 2 rings (SSSR count). The van der Waals surface area contributed by atoms with E-state index in [2.05, 4.69) is 5.32 Å². The molecule has 5 nitrogen and oxygen atoms in total. The fraction of sp³-hybridized carbons (Fsp3) is 0.500. The molecular weight excluding hydrogens is 274 g/mol. The van der Waals surface area contributed by atoms with Crippen LogP contribution in [0.5, 0.6) is 0 Å². The molecule has 1 N–H and O–H groups in total. The highest BCUT2D eigenvalue weighted by molar-refractivity contribution is 7.88. The van der Waals surface area contributed by atoms with Crippen LogP contribution in [0.15, 0.2) is 24.3 Å². The van der Waals surface area contributed by atoms with Gasteiger partial charge >= 0.3 is 0 Å². The molecule has 0 saturated carbocycles. The van der Waals surface area contributed by atoms with E-state index in [1.165, 1.54) is 4.31 Å². The van der Waals surface area contributed by atoms with Crippen molar-refractivity contribution in [1.82, 2.24) is 9.62 Å². The minimum atomic E-state index is -3.31. The van der Waals surface area contributed by atoms with Gasteiger partial charge in [0.05, 0.1) is 17.4 Å². The quantitative estimate of drug-likeness (QED) is 0.901. The van der Waals surface area contributed by atoms with E-state index in [4.69, 9.17) is 5.26 Å². The summed E-state index contributed by atoms with van der Waals surface area (Å²) >= 11 is 0. The summed E-state index contributed by atoms with van der Waals surface area (Å²) in [6.07, 6.45) is 1.70. The van der Waals surface area contributed by atoms with Crippen molar-refractivity contribution >= 4 is 10.0 Å². The van der Waals surface area contributed by atoms with Gasteiger partial charge in [-0.25, -0.2) is 12.7 Å². The zero-order valence-electron chi connectivity index (χ0n) is 11.5. The summed E-state index contributed by atoms with van der Waals surface area (Å²) in [6, 6.07) is 8.81. The Hall–Kier alpha value is -1.42. The molecule has 0 amide bonds. The summed E-state index contributed by atoms with van der Waals surface area (Å²) in [6.45, 7) is 1.72. The van der Waals surface area contributed by atoms with E-state index in [1.54, 1.807) is 31.3 Å². The number of nitrogens with one attached hydrogen (secondary N) is 1. The molecule has 0 atom stereocenters. The lowest BCUT2D eigenvalue weighted by molar-refractivity contribution is 0.296. The van der Waals surface area contributed by atoms with Gasteiger partial charge in [-0.05, 0) is 43.6 Å². The Balaban J connectivity index is 2.07. The average molecular weight is 293 g/mol. The van der Waals surface area contributed by atoms with Crippen LogP contribution >= 0.6 is 0 Å². The molecule has 0 aromatic heterocycles. The standard InChI is InChI=1S/C14H19N3O2S/c1-17(14-6-8-16-9-7-14)20(18,19)11-13-4-2-12(10-15)3-5-13/h2-5,14,16H,6-9,11H2,1H3. The van der Waals surface area contributed by atoms with E-state index in [1.807, 2.05) is 6.07 Å². The van der Waals surface area contributed by atoms with Gasteiger partial charge in [0.1, 0.15) is 0 Å². The third-order valence-electron chi connectivity index (χ3n) is 3.69. The SMILES string of the molecule is CN(C1CCNCC1)S(=O)(=O)Cc1ccc(C#N)cc1. The van der Waals surface area contributed by atoms with Gasteiger partial charge in [-0.2, -0.15) is 5.26 Å². The van der Waals surface area contributed by atoms with Gasteiger partial charge in [0.25, 0.3) is 0 Å².